The number of hydrogen-bond acceptors (Lipinski definition) is 4. The predicted octanol–water partition coefficient (Wildman–Crippen LogP) is 7.59. The molecule has 0 aliphatic rings. The number of rotatable bonds is 28. The van der Waals surface area contributed by atoms with E-state index in [4.69, 9.17) is 0 Å². The van der Waals surface area contributed by atoms with Crippen LogP contribution in [0.2, 0.25) is 0 Å². The minimum absolute atomic E-state index is 0.169. The van der Waals surface area contributed by atoms with Gasteiger partial charge in [-0.2, -0.15) is 0 Å². The third-order valence-electron chi connectivity index (χ3n) is 7.46. The zero-order valence-electron chi connectivity index (χ0n) is 24.2. The molecule has 5 heteroatoms. The maximum Gasteiger partial charge on any atom is 0.220 e. The summed E-state index contributed by atoms with van der Waals surface area (Å²) in [7, 11) is 0. The van der Waals surface area contributed by atoms with Gasteiger partial charge >= 0.3 is 0 Å². The lowest BCUT2D eigenvalue weighted by molar-refractivity contribution is -0.124. The van der Waals surface area contributed by atoms with Crippen molar-refractivity contribution in [2.45, 2.75) is 186 Å². The summed E-state index contributed by atoms with van der Waals surface area (Å²) < 4.78 is 0. The van der Waals surface area contributed by atoms with Gasteiger partial charge in [-0.15, -0.1) is 0 Å². The van der Waals surface area contributed by atoms with Gasteiger partial charge in [-0.1, -0.05) is 148 Å². The number of unbranched alkanes of at least 4 members (excludes halogenated alkanes) is 22. The highest BCUT2D eigenvalue weighted by atomic mass is 16.3. The summed E-state index contributed by atoms with van der Waals surface area (Å²) >= 11 is 0. The maximum atomic E-state index is 11.9. The number of aliphatic hydroxyl groups is 3. The third-order valence-corrected chi connectivity index (χ3v) is 7.46. The van der Waals surface area contributed by atoms with Crippen molar-refractivity contribution in [3.63, 3.8) is 0 Å². The van der Waals surface area contributed by atoms with Crippen molar-refractivity contribution in [3.05, 3.63) is 0 Å². The minimum atomic E-state index is -1.15. The molecule has 0 aromatic heterocycles. The van der Waals surface area contributed by atoms with E-state index in [2.05, 4.69) is 12.2 Å². The Morgan fingerprint density at radius 2 is 0.889 bits per heavy atom. The summed E-state index contributed by atoms with van der Waals surface area (Å²) in [5.74, 6) is -0.169. The summed E-state index contributed by atoms with van der Waals surface area (Å²) in [6.45, 7) is 3.35. The highest BCUT2D eigenvalue weighted by molar-refractivity contribution is 5.76. The molecule has 5 nitrogen and oxygen atoms in total. The molecule has 0 aromatic carbocycles. The molecule has 0 saturated carbocycles. The lowest BCUT2D eigenvalue weighted by Crippen LogP contribution is -2.49. The summed E-state index contributed by atoms with van der Waals surface area (Å²) in [6, 6.07) is -0.804. The summed E-state index contributed by atoms with van der Waals surface area (Å²) in [4.78, 5) is 11.9. The van der Waals surface area contributed by atoms with Crippen LogP contribution in [0.4, 0.5) is 0 Å². The van der Waals surface area contributed by atoms with E-state index in [1.807, 2.05) is 0 Å². The molecule has 0 aromatic rings. The van der Waals surface area contributed by atoms with Gasteiger partial charge in [0.2, 0.25) is 5.91 Å². The largest absolute Gasteiger partial charge is 0.394 e. The molecule has 0 spiro atoms. The van der Waals surface area contributed by atoms with E-state index < -0.39 is 18.2 Å². The normalized spacial score (nSPS) is 14.0. The predicted molar refractivity (Wildman–Crippen MR) is 153 cm³/mol. The number of nitrogens with one attached hydrogen (secondary N) is 1. The molecule has 216 valence electrons. The number of amides is 1. The topological polar surface area (TPSA) is 89.8 Å². The van der Waals surface area contributed by atoms with Crippen LogP contribution < -0.4 is 5.32 Å². The van der Waals surface area contributed by atoms with Crippen LogP contribution in [0.1, 0.15) is 168 Å². The SMILES string of the molecule is CCCCCCCCCCCCCCCCCCCCCCCCCC(=O)N[C@@H](CO)[C@H](O)[C@@H](C)O. The van der Waals surface area contributed by atoms with Crippen molar-refractivity contribution >= 4 is 5.91 Å². The first-order chi connectivity index (χ1) is 17.5. The van der Waals surface area contributed by atoms with Crippen molar-refractivity contribution < 1.29 is 20.1 Å². The molecule has 0 aliphatic carbocycles. The van der Waals surface area contributed by atoms with Crippen LogP contribution >= 0.6 is 0 Å². The molecule has 0 saturated heterocycles. The Kier molecular flexibility index (Phi) is 26.9. The standard InChI is InChI=1S/C31H63NO4/c1-3-4-5-6-7-8-9-10-11-12-13-14-15-16-17-18-19-20-21-22-23-24-25-26-30(35)32-29(27-33)31(36)28(2)34/h28-29,31,33-34,36H,3-27H2,1-2H3,(H,32,35)/t28-,29+,31-/m1/s1. The van der Waals surface area contributed by atoms with Gasteiger partial charge in [-0.05, 0) is 13.3 Å². The molecule has 3 atom stereocenters. The number of aliphatic hydroxyl groups excluding tert-OH is 3. The smallest absolute Gasteiger partial charge is 0.220 e. The summed E-state index contributed by atoms with van der Waals surface area (Å²) in [5, 5.41) is 31.0. The summed E-state index contributed by atoms with van der Waals surface area (Å²) in [6.07, 6.45) is 29.3. The molecule has 0 aliphatic heterocycles. The Bertz CT molecular complexity index is 458. The first-order valence-corrected chi connectivity index (χ1v) is 15.8. The van der Waals surface area contributed by atoms with E-state index in [0.29, 0.717) is 6.42 Å². The first kappa shape index (κ1) is 35.4. The second-order valence-corrected chi connectivity index (χ2v) is 11.1. The lowest BCUT2D eigenvalue weighted by atomic mass is 10.0. The highest BCUT2D eigenvalue weighted by Gasteiger charge is 2.24. The Hall–Kier alpha value is -0.650. The molecule has 4 N–H and O–H groups in total. The molecule has 0 fully saturated rings. The molecule has 36 heavy (non-hydrogen) atoms. The quantitative estimate of drug-likeness (QED) is 0.0811. The molecular formula is C31H63NO4. The van der Waals surface area contributed by atoms with E-state index in [-0.39, 0.29) is 12.5 Å². The van der Waals surface area contributed by atoms with Crippen molar-refractivity contribution in [1.82, 2.24) is 5.32 Å². The molecule has 0 unspecified atom stereocenters. The van der Waals surface area contributed by atoms with Crippen molar-refractivity contribution in [2.24, 2.45) is 0 Å². The van der Waals surface area contributed by atoms with Crippen LogP contribution in [-0.2, 0) is 4.79 Å². The Balaban J connectivity index is 3.26. The third kappa shape index (κ3) is 23.7. The Labute approximate surface area is 224 Å². The average Bonchev–Trinajstić information content (AvgIpc) is 2.87. The fourth-order valence-electron chi connectivity index (χ4n) is 4.93. The van der Waals surface area contributed by atoms with E-state index in [1.165, 1.54) is 135 Å². The van der Waals surface area contributed by atoms with E-state index in [1.54, 1.807) is 0 Å². The average molecular weight is 514 g/mol. The molecular weight excluding hydrogens is 450 g/mol. The fourth-order valence-corrected chi connectivity index (χ4v) is 4.93. The zero-order valence-corrected chi connectivity index (χ0v) is 24.2. The number of hydrogen-bond donors (Lipinski definition) is 4. The van der Waals surface area contributed by atoms with Crippen molar-refractivity contribution in [2.75, 3.05) is 6.61 Å². The van der Waals surface area contributed by atoms with Gasteiger partial charge in [0.05, 0.1) is 18.8 Å². The van der Waals surface area contributed by atoms with Crippen LogP contribution in [0.15, 0.2) is 0 Å². The van der Waals surface area contributed by atoms with Crippen molar-refractivity contribution in [3.8, 4) is 0 Å². The van der Waals surface area contributed by atoms with Gasteiger partial charge in [0.15, 0.2) is 0 Å². The highest BCUT2D eigenvalue weighted by Crippen LogP contribution is 2.15. The minimum Gasteiger partial charge on any atom is -0.394 e. The molecule has 0 radical (unpaired) electrons. The second kappa shape index (κ2) is 27.4. The second-order valence-electron chi connectivity index (χ2n) is 11.1. The van der Waals surface area contributed by atoms with Crippen LogP contribution in [0.25, 0.3) is 0 Å². The van der Waals surface area contributed by atoms with Gasteiger partial charge in [-0.25, -0.2) is 0 Å². The fraction of sp³-hybridized carbons (Fsp3) is 0.968. The van der Waals surface area contributed by atoms with Gasteiger partial charge in [0.25, 0.3) is 0 Å². The van der Waals surface area contributed by atoms with Crippen LogP contribution in [0, 0.1) is 0 Å². The van der Waals surface area contributed by atoms with E-state index in [0.717, 1.165) is 19.3 Å². The lowest BCUT2D eigenvalue weighted by Gasteiger charge is -2.24. The van der Waals surface area contributed by atoms with Crippen molar-refractivity contribution in [1.29, 1.82) is 0 Å². The van der Waals surface area contributed by atoms with Gasteiger partial charge in [0.1, 0.15) is 6.10 Å². The summed E-state index contributed by atoms with van der Waals surface area (Å²) in [5.41, 5.74) is 0. The van der Waals surface area contributed by atoms with Crippen LogP contribution in [-0.4, -0.2) is 46.1 Å². The zero-order chi connectivity index (χ0) is 26.7. The number of carbonyl (C=O) groups is 1. The Morgan fingerprint density at radius 1 is 0.583 bits per heavy atom. The molecule has 0 bridgehead atoms. The first-order valence-electron chi connectivity index (χ1n) is 15.8. The molecule has 1 amide bonds. The van der Waals surface area contributed by atoms with E-state index >= 15 is 0 Å². The molecule has 0 heterocycles. The molecule has 0 rings (SSSR count). The van der Waals surface area contributed by atoms with Gasteiger partial charge < -0.3 is 20.6 Å². The van der Waals surface area contributed by atoms with Gasteiger partial charge in [-0.3, -0.25) is 4.79 Å². The van der Waals surface area contributed by atoms with E-state index in [9.17, 15) is 20.1 Å². The Morgan fingerprint density at radius 3 is 1.17 bits per heavy atom. The monoisotopic (exact) mass is 513 g/mol. The maximum absolute atomic E-state index is 11.9. The number of carbonyl (C=O) groups excluding carboxylic acids is 1. The van der Waals surface area contributed by atoms with Gasteiger partial charge in [0, 0.05) is 6.42 Å². The van der Waals surface area contributed by atoms with Crippen LogP contribution in [0.3, 0.4) is 0 Å². The van der Waals surface area contributed by atoms with Crippen LogP contribution in [0.5, 0.6) is 0 Å².